The normalized spacial score (nSPS) is 15.9. The molecule has 1 saturated carbocycles. The molecule has 2 rings (SSSR count). The molecule has 1 amide bonds. The van der Waals surface area contributed by atoms with E-state index >= 15 is 0 Å². The van der Waals surface area contributed by atoms with Gasteiger partial charge in [-0.05, 0) is 43.5 Å². The summed E-state index contributed by atoms with van der Waals surface area (Å²) >= 11 is 0. The highest BCUT2D eigenvalue weighted by atomic mass is 16.5. The van der Waals surface area contributed by atoms with Crippen molar-refractivity contribution >= 4 is 18.0 Å². The molecule has 0 heterocycles. The second-order valence-electron chi connectivity index (χ2n) is 7.12. The maximum absolute atomic E-state index is 12.3. The molecule has 1 N–H and O–H groups in total. The monoisotopic (exact) mass is 401 g/mol. The summed E-state index contributed by atoms with van der Waals surface area (Å²) in [5, 5.41) is 3.00. The van der Waals surface area contributed by atoms with Crippen LogP contribution >= 0.6 is 0 Å². The number of amides is 1. The number of hydrogen-bond donors (Lipinski definition) is 1. The van der Waals surface area contributed by atoms with E-state index < -0.39 is 12.1 Å². The topological polar surface area (TPSA) is 73.9 Å². The van der Waals surface area contributed by atoms with Gasteiger partial charge in [0.05, 0.1) is 7.11 Å². The van der Waals surface area contributed by atoms with Gasteiger partial charge in [0.25, 0.3) is 5.91 Å². The molecule has 0 saturated heterocycles. The van der Waals surface area contributed by atoms with E-state index in [4.69, 9.17) is 14.2 Å². The van der Waals surface area contributed by atoms with Crippen molar-refractivity contribution in [1.82, 2.24) is 5.32 Å². The Bertz CT molecular complexity index is 720. The highest BCUT2D eigenvalue weighted by Crippen LogP contribution is 2.28. The van der Waals surface area contributed by atoms with E-state index in [1.54, 1.807) is 44.4 Å². The first-order valence-corrected chi connectivity index (χ1v) is 10.1. The van der Waals surface area contributed by atoms with Crippen molar-refractivity contribution in [3.05, 3.63) is 42.5 Å². The van der Waals surface area contributed by atoms with Crippen LogP contribution in [0.2, 0.25) is 0 Å². The van der Waals surface area contributed by atoms with E-state index in [9.17, 15) is 9.59 Å². The summed E-state index contributed by atoms with van der Waals surface area (Å²) in [6.07, 6.45) is 10.4. The summed E-state index contributed by atoms with van der Waals surface area (Å²) in [6, 6.07) is 5.49. The average Bonchev–Trinajstić information content (AvgIpc) is 2.99. The summed E-state index contributed by atoms with van der Waals surface area (Å²) in [5.41, 5.74) is 0.750. The second-order valence-corrected chi connectivity index (χ2v) is 7.12. The number of methoxy groups -OCH3 is 1. The van der Waals surface area contributed by atoms with Crippen molar-refractivity contribution in [3.63, 3.8) is 0 Å². The van der Waals surface area contributed by atoms with Crippen LogP contribution in [0, 0.1) is 0 Å². The first kappa shape index (κ1) is 22.5. The van der Waals surface area contributed by atoms with Crippen LogP contribution in [-0.4, -0.2) is 37.7 Å². The zero-order valence-corrected chi connectivity index (χ0v) is 17.3. The molecule has 158 valence electrons. The Morgan fingerprint density at radius 3 is 2.59 bits per heavy atom. The molecule has 0 radical (unpaired) electrons. The molecular formula is C23H31NO5. The maximum atomic E-state index is 12.3. The smallest absolute Gasteiger partial charge is 0.331 e. The standard InChI is InChI=1S/C23H31NO5/c1-4-15-28-20-13-11-18(16-21(20)27-3)12-14-22(25)29-17(2)23(26)24-19-9-7-5-6-8-10-19/h4,11-14,16-17,19H,1,5-10,15H2,2-3H3,(H,24,26)/b14-12+/t17-/m1/s1. The lowest BCUT2D eigenvalue weighted by Crippen LogP contribution is -2.41. The minimum absolute atomic E-state index is 0.177. The Morgan fingerprint density at radius 1 is 1.21 bits per heavy atom. The zero-order valence-electron chi connectivity index (χ0n) is 17.3. The van der Waals surface area contributed by atoms with Crippen LogP contribution in [0.25, 0.3) is 6.08 Å². The van der Waals surface area contributed by atoms with Gasteiger partial charge < -0.3 is 19.5 Å². The van der Waals surface area contributed by atoms with E-state index in [1.807, 2.05) is 0 Å². The highest BCUT2D eigenvalue weighted by Gasteiger charge is 2.21. The van der Waals surface area contributed by atoms with Crippen molar-refractivity contribution in [2.45, 2.75) is 57.6 Å². The first-order valence-electron chi connectivity index (χ1n) is 10.1. The van der Waals surface area contributed by atoms with Gasteiger partial charge in [-0.2, -0.15) is 0 Å². The molecule has 1 aromatic carbocycles. The predicted octanol–water partition coefficient (Wildman–Crippen LogP) is 4.04. The van der Waals surface area contributed by atoms with Gasteiger partial charge in [0.1, 0.15) is 6.61 Å². The van der Waals surface area contributed by atoms with E-state index in [0.29, 0.717) is 18.1 Å². The molecule has 0 aromatic heterocycles. The van der Waals surface area contributed by atoms with Crippen LogP contribution in [0.1, 0.15) is 51.0 Å². The minimum Gasteiger partial charge on any atom is -0.493 e. The Hall–Kier alpha value is -2.76. The van der Waals surface area contributed by atoms with E-state index in [0.717, 1.165) is 31.2 Å². The van der Waals surface area contributed by atoms with Crippen molar-refractivity contribution < 1.29 is 23.8 Å². The van der Waals surface area contributed by atoms with Crippen LogP contribution in [0.15, 0.2) is 36.9 Å². The quantitative estimate of drug-likeness (QED) is 0.293. The van der Waals surface area contributed by atoms with E-state index in [2.05, 4.69) is 11.9 Å². The number of hydrogen-bond acceptors (Lipinski definition) is 5. The summed E-state index contributed by atoms with van der Waals surface area (Å²) in [6.45, 7) is 5.58. The third-order valence-electron chi connectivity index (χ3n) is 4.82. The fraction of sp³-hybridized carbons (Fsp3) is 0.478. The van der Waals surface area contributed by atoms with Gasteiger partial charge in [-0.1, -0.05) is 44.4 Å². The van der Waals surface area contributed by atoms with Gasteiger partial charge in [-0.15, -0.1) is 0 Å². The molecule has 1 aliphatic rings. The third kappa shape index (κ3) is 7.64. The Balaban J connectivity index is 1.87. The third-order valence-corrected chi connectivity index (χ3v) is 4.82. The highest BCUT2D eigenvalue weighted by molar-refractivity contribution is 5.90. The molecule has 0 aliphatic heterocycles. The van der Waals surface area contributed by atoms with Crippen molar-refractivity contribution in [3.8, 4) is 11.5 Å². The largest absolute Gasteiger partial charge is 0.493 e. The fourth-order valence-electron chi connectivity index (χ4n) is 3.23. The van der Waals surface area contributed by atoms with Gasteiger partial charge in [0.2, 0.25) is 0 Å². The van der Waals surface area contributed by atoms with E-state index in [-0.39, 0.29) is 11.9 Å². The number of esters is 1. The molecule has 0 bridgehead atoms. The first-order chi connectivity index (χ1) is 14.0. The summed E-state index contributed by atoms with van der Waals surface area (Å²) in [7, 11) is 1.55. The SMILES string of the molecule is C=CCOc1ccc(/C=C/C(=O)O[C@H](C)C(=O)NC2CCCCCC2)cc1OC. The molecular weight excluding hydrogens is 370 g/mol. The maximum Gasteiger partial charge on any atom is 0.331 e. The van der Waals surface area contributed by atoms with Gasteiger partial charge in [0.15, 0.2) is 17.6 Å². The van der Waals surface area contributed by atoms with Gasteiger partial charge in [0, 0.05) is 12.1 Å². The molecule has 1 aliphatic carbocycles. The number of ether oxygens (including phenoxy) is 3. The predicted molar refractivity (Wildman–Crippen MR) is 113 cm³/mol. The number of benzene rings is 1. The average molecular weight is 402 g/mol. The summed E-state index contributed by atoms with van der Waals surface area (Å²) in [4.78, 5) is 24.4. The van der Waals surface area contributed by atoms with Gasteiger partial charge in [-0.3, -0.25) is 4.79 Å². The van der Waals surface area contributed by atoms with Gasteiger partial charge >= 0.3 is 5.97 Å². The van der Waals surface area contributed by atoms with Crippen LogP contribution in [0.3, 0.4) is 0 Å². The molecule has 1 atom stereocenters. The molecule has 6 nitrogen and oxygen atoms in total. The number of rotatable bonds is 9. The second kappa shape index (κ2) is 11.9. The molecule has 6 heteroatoms. The number of carbonyl (C=O) groups excluding carboxylic acids is 2. The van der Waals surface area contributed by atoms with Crippen LogP contribution in [0.4, 0.5) is 0 Å². The Morgan fingerprint density at radius 2 is 1.93 bits per heavy atom. The van der Waals surface area contributed by atoms with E-state index in [1.165, 1.54) is 18.9 Å². The van der Waals surface area contributed by atoms with Crippen LogP contribution < -0.4 is 14.8 Å². The molecule has 0 spiro atoms. The lowest BCUT2D eigenvalue weighted by Gasteiger charge is -2.19. The number of nitrogens with one attached hydrogen (secondary N) is 1. The minimum atomic E-state index is -0.834. The van der Waals surface area contributed by atoms with Crippen molar-refractivity contribution in [2.75, 3.05) is 13.7 Å². The molecule has 0 unspecified atom stereocenters. The van der Waals surface area contributed by atoms with Crippen molar-refractivity contribution in [1.29, 1.82) is 0 Å². The Kier molecular flexibility index (Phi) is 9.28. The lowest BCUT2D eigenvalue weighted by molar-refractivity contribution is -0.150. The van der Waals surface area contributed by atoms with Crippen molar-refractivity contribution in [2.24, 2.45) is 0 Å². The van der Waals surface area contributed by atoms with Crippen LogP contribution in [-0.2, 0) is 14.3 Å². The Labute approximate surface area is 172 Å². The summed E-state index contributed by atoms with van der Waals surface area (Å²) in [5.74, 6) is 0.331. The number of carbonyl (C=O) groups is 2. The lowest BCUT2D eigenvalue weighted by atomic mass is 10.1. The fourth-order valence-corrected chi connectivity index (χ4v) is 3.23. The zero-order chi connectivity index (χ0) is 21.1. The van der Waals surface area contributed by atoms with Gasteiger partial charge in [-0.25, -0.2) is 4.79 Å². The molecule has 1 fully saturated rings. The molecule has 29 heavy (non-hydrogen) atoms. The van der Waals surface area contributed by atoms with Crippen LogP contribution in [0.5, 0.6) is 11.5 Å². The summed E-state index contributed by atoms with van der Waals surface area (Å²) < 4.78 is 16.0. The molecule has 1 aromatic rings.